The van der Waals surface area contributed by atoms with E-state index in [2.05, 4.69) is 5.32 Å². The van der Waals surface area contributed by atoms with E-state index in [9.17, 15) is 50.7 Å². The number of halogens is 7. The summed E-state index contributed by atoms with van der Waals surface area (Å²) in [5, 5.41) is 22.4. The first-order valence-electron chi connectivity index (χ1n) is 8.24. The van der Waals surface area contributed by atoms with Crippen molar-refractivity contribution in [1.29, 1.82) is 0 Å². The molecule has 0 atom stereocenters. The molecule has 0 unspecified atom stereocenters. The lowest BCUT2D eigenvalue weighted by atomic mass is 9.89. The molecule has 2 aromatic carbocycles. The van der Waals surface area contributed by atoms with Crippen molar-refractivity contribution in [1.82, 2.24) is 0 Å². The van der Waals surface area contributed by atoms with Gasteiger partial charge in [-0.2, -0.15) is 30.7 Å². The Bertz CT molecular complexity index is 1010. The van der Waals surface area contributed by atoms with Crippen LogP contribution in [0.2, 0.25) is 0 Å². The predicted molar refractivity (Wildman–Crippen MR) is 92.9 cm³/mol. The highest BCUT2D eigenvalue weighted by atomic mass is 19.4. The van der Waals surface area contributed by atoms with Crippen LogP contribution in [0.25, 0.3) is 0 Å². The van der Waals surface area contributed by atoms with Gasteiger partial charge in [0.1, 0.15) is 0 Å². The van der Waals surface area contributed by atoms with Gasteiger partial charge in [-0.15, -0.1) is 0 Å². The monoisotopic (exact) mass is 454 g/mol. The third kappa shape index (κ3) is 4.17. The number of benzene rings is 2. The van der Waals surface area contributed by atoms with Crippen LogP contribution in [0, 0.1) is 29.8 Å². The maximum absolute atomic E-state index is 14.2. The molecule has 13 heteroatoms. The fourth-order valence-electron chi connectivity index (χ4n) is 2.87. The Morgan fingerprint density at radius 2 is 1.52 bits per heavy atom. The minimum absolute atomic E-state index is 0.258. The summed E-state index contributed by atoms with van der Waals surface area (Å²) in [6.45, 7) is 2.12. The van der Waals surface area contributed by atoms with E-state index in [0.717, 1.165) is 32.0 Å². The van der Waals surface area contributed by atoms with Crippen LogP contribution in [0.15, 0.2) is 30.3 Å². The molecule has 0 saturated carbocycles. The van der Waals surface area contributed by atoms with Gasteiger partial charge in [-0.25, -0.2) is 0 Å². The molecule has 168 valence electrons. The number of nitrogens with zero attached hydrogens (tertiary/aromatic N) is 1. The van der Waals surface area contributed by atoms with Crippen molar-refractivity contribution in [3.63, 3.8) is 0 Å². The smallest absolute Gasteiger partial charge is 0.369 e. The van der Waals surface area contributed by atoms with E-state index in [1.807, 2.05) is 0 Å². The van der Waals surface area contributed by atoms with Crippen molar-refractivity contribution >= 4 is 17.3 Å². The average molecular weight is 454 g/mol. The molecule has 6 nitrogen and oxygen atoms in total. The molecule has 0 aliphatic carbocycles. The molecule has 2 rings (SSSR count). The predicted octanol–water partition coefficient (Wildman–Crippen LogP) is 4.92. The molecule has 2 aromatic rings. The number of amides is 1. The summed E-state index contributed by atoms with van der Waals surface area (Å²) in [6.07, 6.45) is -12.2. The van der Waals surface area contributed by atoms with E-state index in [-0.39, 0.29) is 16.8 Å². The molecule has 0 heterocycles. The second-order valence-corrected chi connectivity index (χ2v) is 6.54. The van der Waals surface area contributed by atoms with Gasteiger partial charge in [0.05, 0.1) is 10.5 Å². The molecule has 0 saturated heterocycles. The van der Waals surface area contributed by atoms with Gasteiger partial charge in [0.25, 0.3) is 11.5 Å². The number of rotatable bonds is 4. The number of alkyl halides is 6. The zero-order valence-corrected chi connectivity index (χ0v) is 15.7. The van der Waals surface area contributed by atoms with Gasteiger partial charge in [-0.1, -0.05) is 18.2 Å². The zero-order chi connectivity index (χ0) is 23.9. The molecule has 0 spiro atoms. The molecule has 1 amide bonds. The Labute approximate surface area is 169 Å². The van der Waals surface area contributed by atoms with Crippen LogP contribution in [0.5, 0.6) is 0 Å². The van der Waals surface area contributed by atoms with Gasteiger partial charge in [0, 0.05) is 17.3 Å². The number of anilines is 1. The Kier molecular flexibility index (Phi) is 6.05. The van der Waals surface area contributed by atoms with Crippen molar-refractivity contribution in [2.45, 2.75) is 31.8 Å². The quantitative estimate of drug-likeness (QED) is 0.390. The van der Waals surface area contributed by atoms with Crippen molar-refractivity contribution < 1.29 is 45.6 Å². The van der Waals surface area contributed by atoms with Crippen LogP contribution in [-0.2, 0) is 5.60 Å². The summed E-state index contributed by atoms with van der Waals surface area (Å²) >= 11 is 0. The van der Waals surface area contributed by atoms with E-state index in [1.54, 1.807) is 0 Å². The number of aryl methyl sites for hydroxylation is 2. The van der Waals surface area contributed by atoms with Crippen LogP contribution < -0.4 is 5.32 Å². The van der Waals surface area contributed by atoms with E-state index < -0.39 is 51.4 Å². The molecule has 0 fully saturated rings. The van der Waals surface area contributed by atoms with Gasteiger partial charge in [0.2, 0.25) is 5.82 Å². The molecular formula is C18H13F7N2O4. The largest absolute Gasteiger partial charge is 0.430 e. The number of aliphatic hydroxyl groups is 1. The molecule has 0 aliphatic rings. The molecule has 2 N–H and O–H groups in total. The third-order valence-electron chi connectivity index (χ3n) is 4.43. The Morgan fingerprint density at radius 1 is 1.03 bits per heavy atom. The van der Waals surface area contributed by atoms with Crippen LogP contribution in [0.4, 0.5) is 42.1 Å². The minimum atomic E-state index is -6.10. The summed E-state index contributed by atoms with van der Waals surface area (Å²) in [5.74, 6) is -2.69. The first-order chi connectivity index (χ1) is 14.0. The second kappa shape index (κ2) is 7.80. The standard InChI is InChI=1S/C18H13F7N2O4/c1-8-6-10(16(29,17(20,21)22)18(23,24)25)7-9(2)14(8)26-15(28)11-4-3-5-12(13(11)19)27(30)31/h3-7,29H,1-2H3,(H,26,28). The number of carbonyl (C=O) groups is 1. The van der Waals surface area contributed by atoms with E-state index in [0.29, 0.717) is 12.1 Å². The van der Waals surface area contributed by atoms with Crippen LogP contribution >= 0.6 is 0 Å². The molecule has 0 radical (unpaired) electrons. The molecule has 0 aliphatic heterocycles. The van der Waals surface area contributed by atoms with Gasteiger partial charge in [-0.05, 0) is 31.0 Å². The highest BCUT2D eigenvalue weighted by Gasteiger charge is 2.71. The van der Waals surface area contributed by atoms with Crippen molar-refractivity contribution in [2.24, 2.45) is 0 Å². The number of hydrogen-bond donors (Lipinski definition) is 2. The van der Waals surface area contributed by atoms with Gasteiger partial charge in [0.15, 0.2) is 0 Å². The van der Waals surface area contributed by atoms with Crippen molar-refractivity contribution in [3.8, 4) is 0 Å². The molecule has 31 heavy (non-hydrogen) atoms. The normalized spacial score (nSPS) is 12.6. The first kappa shape index (κ1) is 24.1. The molecular weight excluding hydrogens is 441 g/mol. The van der Waals surface area contributed by atoms with E-state index in [1.165, 1.54) is 0 Å². The van der Waals surface area contributed by atoms with Gasteiger partial charge in [-0.3, -0.25) is 14.9 Å². The van der Waals surface area contributed by atoms with Crippen LogP contribution in [0.1, 0.15) is 27.0 Å². The minimum Gasteiger partial charge on any atom is -0.369 e. The zero-order valence-electron chi connectivity index (χ0n) is 15.7. The highest BCUT2D eigenvalue weighted by molar-refractivity contribution is 6.05. The lowest BCUT2D eigenvalue weighted by Crippen LogP contribution is -2.54. The van der Waals surface area contributed by atoms with Gasteiger partial charge < -0.3 is 10.4 Å². The maximum atomic E-state index is 14.2. The summed E-state index contributed by atoms with van der Waals surface area (Å²) in [7, 11) is 0. The third-order valence-corrected chi connectivity index (χ3v) is 4.43. The summed E-state index contributed by atoms with van der Waals surface area (Å²) < 4.78 is 92.7. The number of nitro groups is 1. The number of nitro benzene ring substituents is 1. The van der Waals surface area contributed by atoms with E-state index >= 15 is 0 Å². The lowest BCUT2D eigenvalue weighted by Gasteiger charge is -2.33. The summed E-state index contributed by atoms with van der Waals surface area (Å²) in [4.78, 5) is 22.0. The number of hydrogen-bond acceptors (Lipinski definition) is 4. The first-order valence-corrected chi connectivity index (χ1v) is 8.24. The number of nitrogens with one attached hydrogen (secondary N) is 1. The van der Waals surface area contributed by atoms with E-state index in [4.69, 9.17) is 0 Å². The Hall–Kier alpha value is -3.22. The SMILES string of the molecule is Cc1cc(C(O)(C(F)(F)F)C(F)(F)F)cc(C)c1NC(=O)c1cccc([N+](=O)[O-])c1F. The Morgan fingerprint density at radius 3 is 1.94 bits per heavy atom. The summed E-state index contributed by atoms with van der Waals surface area (Å²) in [5.41, 5.74) is -9.32. The molecule has 0 aromatic heterocycles. The van der Waals surface area contributed by atoms with Crippen LogP contribution in [-0.4, -0.2) is 28.3 Å². The number of carbonyl (C=O) groups excluding carboxylic acids is 1. The maximum Gasteiger partial charge on any atom is 0.430 e. The van der Waals surface area contributed by atoms with Crippen molar-refractivity contribution in [3.05, 3.63) is 68.5 Å². The van der Waals surface area contributed by atoms with Crippen LogP contribution in [0.3, 0.4) is 0 Å². The van der Waals surface area contributed by atoms with Crippen molar-refractivity contribution in [2.75, 3.05) is 5.32 Å². The fraction of sp³-hybridized carbons (Fsp3) is 0.278. The molecule has 0 bridgehead atoms. The average Bonchev–Trinajstić information content (AvgIpc) is 2.61. The highest BCUT2D eigenvalue weighted by Crippen LogP contribution is 2.50. The lowest BCUT2D eigenvalue weighted by molar-refractivity contribution is -0.387. The fourth-order valence-corrected chi connectivity index (χ4v) is 2.87. The van der Waals surface area contributed by atoms with Gasteiger partial charge >= 0.3 is 18.0 Å². The second-order valence-electron chi connectivity index (χ2n) is 6.54. The topological polar surface area (TPSA) is 92.5 Å². The summed E-state index contributed by atoms with van der Waals surface area (Å²) in [6, 6.07) is 3.49. The Balaban J connectivity index is 2.52.